The first-order valence-corrected chi connectivity index (χ1v) is 11.4. The summed E-state index contributed by atoms with van der Waals surface area (Å²) in [5.41, 5.74) is 2.76. The van der Waals surface area contributed by atoms with Crippen LogP contribution in [-0.4, -0.2) is 44.1 Å². The van der Waals surface area contributed by atoms with Crippen LogP contribution in [0.15, 0.2) is 41.6 Å². The van der Waals surface area contributed by atoms with Crippen LogP contribution >= 0.6 is 11.8 Å². The molecule has 3 aromatic rings. The lowest BCUT2D eigenvalue weighted by Gasteiger charge is -2.32. The Morgan fingerprint density at radius 2 is 2.07 bits per heavy atom. The molecule has 1 saturated heterocycles. The number of carbonyl (C=O) groups excluding carboxylic acids is 1. The van der Waals surface area contributed by atoms with Crippen LogP contribution in [0.3, 0.4) is 0 Å². The van der Waals surface area contributed by atoms with Gasteiger partial charge >= 0.3 is 0 Å². The van der Waals surface area contributed by atoms with Crippen molar-refractivity contribution in [2.45, 2.75) is 50.2 Å². The summed E-state index contributed by atoms with van der Waals surface area (Å²) < 4.78 is 1.68. The summed E-state index contributed by atoms with van der Waals surface area (Å²) >= 11 is 1.88. The number of rotatable bonds is 6. The van der Waals surface area contributed by atoms with Crippen LogP contribution in [0, 0.1) is 12.8 Å². The number of amides is 1. The Morgan fingerprint density at radius 3 is 2.80 bits per heavy atom. The van der Waals surface area contributed by atoms with Crippen molar-refractivity contribution in [3.8, 4) is 0 Å². The predicted molar refractivity (Wildman–Crippen MR) is 121 cm³/mol. The molecule has 1 aromatic carbocycles. The number of hydrogen-bond donors (Lipinski definition) is 1. The van der Waals surface area contributed by atoms with Gasteiger partial charge in [0.15, 0.2) is 5.65 Å². The van der Waals surface area contributed by atoms with Gasteiger partial charge in [0.2, 0.25) is 5.91 Å². The molecule has 3 heterocycles. The number of hydrogen-bond acceptors (Lipinski definition) is 6. The summed E-state index contributed by atoms with van der Waals surface area (Å²) in [6.07, 6.45) is 4.38. The molecule has 1 unspecified atom stereocenters. The van der Waals surface area contributed by atoms with Crippen molar-refractivity contribution in [3.05, 3.63) is 42.2 Å². The Kier molecular flexibility index (Phi) is 6.22. The van der Waals surface area contributed by atoms with Gasteiger partial charge in [0.25, 0.3) is 0 Å². The van der Waals surface area contributed by atoms with E-state index in [0.29, 0.717) is 5.25 Å². The van der Waals surface area contributed by atoms with Gasteiger partial charge in [0, 0.05) is 34.8 Å². The van der Waals surface area contributed by atoms with E-state index >= 15 is 0 Å². The molecule has 0 radical (unpaired) electrons. The van der Waals surface area contributed by atoms with Crippen LogP contribution < -0.4 is 10.2 Å². The molecule has 0 aliphatic carbocycles. The van der Waals surface area contributed by atoms with Crippen molar-refractivity contribution in [2.24, 2.45) is 5.92 Å². The molecular weight excluding hydrogens is 396 g/mol. The fraction of sp³-hybridized carbons (Fsp3) is 0.455. The van der Waals surface area contributed by atoms with Gasteiger partial charge in [-0.15, -0.1) is 27.1 Å². The second kappa shape index (κ2) is 9.04. The maximum atomic E-state index is 12.8. The van der Waals surface area contributed by atoms with Gasteiger partial charge in [-0.05, 0) is 62.1 Å². The monoisotopic (exact) mass is 424 g/mol. The molecule has 1 N–H and O–H groups in total. The molecule has 1 atom stereocenters. The van der Waals surface area contributed by atoms with E-state index in [1.807, 2.05) is 30.0 Å². The zero-order chi connectivity index (χ0) is 21.1. The standard InChI is InChI=1S/C22H28N6OS/c1-4-16(3)30-18-5-6-19(15(2)13-18)24-22(29)17-9-11-27(12-10-17)21-8-7-20-25-23-14-28(20)26-21/h5-8,13-14,16-17H,4,9-12H2,1-3H3,(H,24,29). The van der Waals surface area contributed by atoms with Crippen molar-refractivity contribution < 1.29 is 4.79 Å². The van der Waals surface area contributed by atoms with Gasteiger partial charge in [0.1, 0.15) is 12.1 Å². The minimum Gasteiger partial charge on any atom is -0.355 e. The average Bonchev–Trinajstić information content (AvgIpc) is 3.23. The smallest absolute Gasteiger partial charge is 0.227 e. The summed E-state index contributed by atoms with van der Waals surface area (Å²) in [6, 6.07) is 10.2. The molecular formula is C22H28N6OS. The fourth-order valence-corrected chi connectivity index (χ4v) is 4.68. The molecule has 1 aliphatic heterocycles. The normalized spacial score (nSPS) is 16.0. The number of carbonyl (C=O) groups is 1. The lowest BCUT2D eigenvalue weighted by molar-refractivity contribution is -0.120. The first-order valence-electron chi connectivity index (χ1n) is 10.5. The van der Waals surface area contributed by atoms with Gasteiger partial charge in [-0.2, -0.15) is 4.52 Å². The summed E-state index contributed by atoms with van der Waals surface area (Å²) in [5, 5.41) is 16.2. The predicted octanol–water partition coefficient (Wildman–Crippen LogP) is 4.18. The van der Waals surface area contributed by atoms with Crippen LogP contribution in [0.25, 0.3) is 5.65 Å². The summed E-state index contributed by atoms with van der Waals surface area (Å²) in [4.78, 5) is 16.3. The third-order valence-electron chi connectivity index (χ3n) is 5.71. The minimum atomic E-state index is 0.0217. The number of nitrogens with zero attached hydrogens (tertiary/aromatic N) is 5. The molecule has 4 rings (SSSR count). The second-order valence-corrected chi connectivity index (χ2v) is 9.40. The molecule has 0 spiro atoms. The fourth-order valence-electron chi connectivity index (χ4n) is 3.66. The molecule has 158 valence electrons. The van der Waals surface area contributed by atoms with Crippen LogP contribution in [0.4, 0.5) is 11.5 Å². The number of benzene rings is 1. The highest BCUT2D eigenvalue weighted by atomic mass is 32.2. The first kappa shape index (κ1) is 20.7. The van der Waals surface area contributed by atoms with Gasteiger partial charge in [0.05, 0.1) is 0 Å². The number of nitrogens with one attached hydrogen (secondary N) is 1. The Morgan fingerprint density at radius 1 is 1.27 bits per heavy atom. The second-order valence-electron chi connectivity index (χ2n) is 7.89. The van der Waals surface area contributed by atoms with E-state index in [9.17, 15) is 4.79 Å². The summed E-state index contributed by atoms with van der Waals surface area (Å²) in [6.45, 7) is 8.12. The zero-order valence-electron chi connectivity index (χ0n) is 17.7. The Balaban J connectivity index is 1.34. The molecule has 2 aromatic heterocycles. The number of anilines is 2. The highest BCUT2D eigenvalue weighted by Crippen LogP contribution is 2.29. The molecule has 0 bridgehead atoms. The van der Waals surface area contributed by atoms with Crippen LogP contribution in [0.2, 0.25) is 0 Å². The average molecular weight is 425 g/mol. The first-order chi connectivity index (χ1) is 14.5. The van der Waals surface area contributed by atoms with Crippen molar-refractivity contribution >= 4 is 34.8 Å². The van der Waals surface area contributed by atoms with Crippen molar-refractivity contribution in [3.63, 3.8) is 0 Å². The number of aryl methyl sites for hydroxylation is 1. The highest BCUT2D eigenvalue weighted by Gasteiger charge is 2.26. The SMILES string of the molecule is CCC(C)Sc1ccc(NC(=O)C2CCN(c3ccc4nncn4n3)CC2)c(C)c1. The van der Waals surface area contributed by atoms with Gasteiger partial charge in [-0.1, -0.05) is 13.8 Å². The molecule has 1 aliphatic rings. The lowest BCUT2D eigenvalue weighted by atomic mass is 9.95. The highest BCUT2D eigenvalue weighted by molar-refractivity contribution is 7.99. The van der Waals surface area contributed by atoms with Crippen molar-refractivity contribution in [2.75, 3.05) is 23.3 Å². The van der Waals surface area contributed by atoms with E-state index < -0.39 is 0 Å². The minimum absolute atomic E-state index is 0.0217. The van der Waals surface area contributed by atoms with Crippen LogP contribution in [-0.2, 0) is 4.79 Å². The van der Waals surface area contributed by atoms with Gasteiger partial charge in [-0.3, -0.25) is 4.79 Å². The maximum Gasteiger partial charge on any atom is 0.227 e. The Labute approximate surface area is 181 Å². The molecule has 0 saturated carbocycles. The van der Waals surface area contributed by atoms with Crippen LogP contribution in [0.1, 0.15) is 38.7 Å². The molecule has 1 fully saturated rings. The van der Waals surface area contributed by atoms with E-state index in [1.165, 1.54) is 4.90 Å². The van der Waals surface area contributed by atoms with E-state index in [2.05, 4.69) is 58.4 Å². The molecule has 1 amide bonds. The molecule has 8 heteroatoms. The molecule has 7 nitrogen and oxygen atoms in total. The lowest BCUT2D eigenvalue weighted by Crippen LogP contribution is -2.38. The quantitative estimate of drug-likeness (QED) is 0.599. The van der Waals surface area contributed by atoms with Gasteiger partial charge in [-0.25, -0.2) is 0 Å². The third-order valence-corrected chi connectivity index (χ3v) is 6.97. The number of piperidine rings is 1. The van der Waals surface area contributed by atoms with Gasteiger partial charge < -0.3 is 10.2 Å². The Hall–Kier alpha value is -2.61. The summed E-state index contributed by atoms with van der Waals surface area (Å²) in [5.74, 6) is 1.03. The topological polar surface area (TPSA) is 75.4 Å². The van der Waals surface area contributed by atoms with E-state index in [-0.39, 0.29) is 11.8 Å². The third kappa shape index (κ3) is 4.59. The molecule has 30 heavy (non-hydrogen) atoms. The maximum absolute atomic E-state index is 12.8. The van der Waals surface area contributed by atoms with Crippen molar-refractivity contribution in [1.29, 1.82) is 0 Å². The summed E-state index contributed by atoms with van der Waals surface area (Å²) in [7, 11) is 0. The van der Waals surface area contributed by atoms with E-state index in [4.69, 9.17) is 0 Å². The largest absolute Gasteiger partial charge is 0.355 e. The van der Waals surface area contributed by atoms with Crippen LogP contribution in [0.5, 0.6) is 0 Å². The van der Waals surface area contributed by atoms with Crippen molar-refractivity contribution in [1.82, 2.24) is 19.8 Å². The Bertz CT molecular complexity index is 1030. The number of thioether (sulfide) groups is 1. The zero-order valence-corrected chi connectivity index (χ0v) is 18.5. The number of fused-ring (bicyclic) bond motifs is 1. The van der Waals surface area contributed by atoms with E-state index in [1.54, 1.807) is 10.8 Å². The number of aromatic nitrogens is 4. The van der Waals surface area contributed by atoms with E-state index in [0.717, 1.165) is 55.1 Å².